The highest BCUT2D eigenvalue weighted by atomic mass is 35.5. The third-order valence-electron chi connectivity index (χ3n) is 2.87. The molecule has 0 bridgehead atoms. The smallest absolute Gasteiger partial charge is 0.344 e. The second kappa shape index (κ2) is 10.5. The molecular formula is C16H21ClN2O5. The molecule has 0 saturated carbocycles. The lowest BCUT2D eigenvalue weighted by molar-refractivity contribution is -0.150. The Labute approximate surface area is 145 Å². The normalized spacial score (nSPS) is 9.96. The third-order valence-corrected chi connectivity index (χ3v) is 3.29. The van der Waals surface area contributed by atoms with Crippen molar-refractivity contribution in [3.05, 3.63) is 28.8 Å². The molecule has 1 rings (SSSR count). The summed E-state index contributed by atoms with van der Waals surface area (Å²) in [4.78, 5) is 34.3. The van der Waals surface area contributed by atoms with E-state index in [1.807, 2.05) is 13.8 Å². The number of hydrogen-bond donors (Lipinski definition) is 2. The number of carbonyl (C=O) groups excluding carboxylic acids is 3. The molecule has 1 aromatic rings. The summed E-state index contributed by atoms with van der Waals surface area (Å²) < 4.78 is 10.0. The van der Waals surface area contributed by atoms with E-state index in [0.29, 0.717) is 17.3 Å². The molecule has 7 nitrogen and oxygen atoms in total. The first kappa shape index (κ1) is 19.8. The summed E-state index contributed by atoms with van der Waals surface area (Å²) in [5.74, 6) is -1.06. The van der Waals surface area contributed by atoms with E-state index in [9.17, 15) is 14.4 Å². The van der Waals surface area contributed by atoms with E-state index in [-0.39, 0.29) is 19.1 Å². The fourth-order valence-corrected chi connectivity index (χ4v) is 1.71. The fourth-order valence-electron chi connectivity index (χ4n) is 1.59. The number of carbonyl (C=O) groups is 3. The predicted octanol–water partition coefficient (Wildman–Crippen LogP) is 1.21. The summed E-state index contributed by atoms with van der Waals surface area (Å²) in [5.41, 5.74) is 0.822. The van der Waals surface area contributed by atoms with Gasteiger partial charge >= 0.3 is 5.97 Å². The van der Waals surface area contributed by atoms with Crippen molar-refractivity contribution in [1.82, 2.24) is 10.6 Å². The molecule has 0 spiro atoms. The van der Waals surface area contributed by atoms with Gasteiger partial charge in [0.25, 0.3) is 5.91 Å². The van der Waals surface area contributed by atoms with Crippen molar-refractivity contribution >= 4 is 29.4 Å². The second-order valence-corrected chi connectivity index (χ2v) is 5.39. The lowest BCUT2D eigenvalue weighted by atomic mass is 10.2. The number of esters is 1. The molecular weight excluding hydrogens is 336 g/mol. The van der Waals surface area contributed by atoms with Crippen LogP contribution in [0.2, 0.25) is 5.02 Å². The van der Waals surface area contributed by atoms with Crippen molar-refractivity contribution in [2.24, 2.45) is 0 Å². The van der Waals surface area contributed by atoms with E-state index < -0.39 is 18.5 Å². The lowest BCUT2D eigenvalue weighted by Gasteiger charge is -2.09. The highest BCUT2D eigenvalue weighted by Gasteiger charge is 2.10. The Balaban J connectivity index is 2.22. The Bertz CT molecular complexity index is 592. The van der Waals surface area contributed by atoms with Gasteiger partial charge in [0.1, 0.15) is 5.75 Å². The molecule has 2 N–H and O–H groups in total. The number of aryl methyl sites for hydroxylation is 1. The number of rotatable bonds is 9. The van der Waals surface area contributed by atoms with Crippen molar-refractivity contribution in [3.8, 4) is 5.75 Å². The molecule has 0 aromatic heterocycles. The van der Waals surface area contributed by atoms with Gasteiger partial charge in [0.15, 0.2) is 13.2 Å². The summed E-state index contributed by atoms with van der Waals surface area (Å²) >= 11 is 5.89. The van der Waals surface area contributed by atoms with Gasteiger partial charge in [-0.2, -0.15) is 0 Å². The van der Waals surface area contributed by atoms with Crippen LogP contribution in [0.5, 0.6) is 5.75 Å². The molecule has 0 saturated heterocycles. The van der Waals surface area contributed by atoms with Crippen LogP contribution in [0.1, 0.15) is 18.9 Å². The minimum atomic E-state index is -0.687. The largest absolute Gasteiger partial charge is 0.482 e. The molecule has 0 aliphatic heterocycles. The Morgan fingerprint density at radius 1 is 1.12 bits per heavy atom. The van der Waals surface area contributed by atoms with Crippen LogP contribution >= 0.6 is 11.6 Å². The monoisotopic (exact) mass is 356 g/mol. The van der Waals surface area contributed by atoms with Gasteiger partial charge in [-0.1, -0.05) is 18.5 Å². The van der Waals surface area contributed by atoms with Crippen molar-refractivity contribution in [2.75, 3.05) is 26.3 Å². The Morgan fingerprint density at radius 3 is 2.54 bits per heavy atom. The highest BCUT2D eigenvalue weighted by Crippen LogP contribution is 2.20. The van der Waals surface area contributed by atoms with Crippen LogP contribution in [0.15, 0.2) is 18.2 Å². The van der Waals surface area contributed by atoms with E-state index in [1.165, 1.54) is 0 Å². The summed E-state index contributed by atoms with van der Waals surface area (Å²) in [6.07, 6.45) is 0.810. The van der Waals surface area contributed by atoms with Crippen molar-refractivity contribution in [1.29, 1.82) is 0 Å². The van der Waals surface area contributed by atoms with Crippen LogP contribution < -0.4 is 15.4 Å². The van der Waals surface area contributed by atoms with Gasteiger partial charge in [-0.05, 0) is 37.1 Å². The van der Waals surface area contributed by atoms with E-state index in [2.05, 4.69) is 10.6 Å². The zero-order valence-electron chi connectivity index (χ0n) is 13.7. The number of nitrogens with one attached hydrogen (secondary N) is 2. The molecule has 2 amide bonds. The maximum atomic E-state index is 11.5. The van der Waals surface area contributed by atoms with Crippen molar-refractivity contribution < 1.29 is 23.9 Å². The summed E-state index contributed by atoms with van der Waals surface area (Å²) in [6, 6.07) is 4.98. The fraction of sp³-hybridized carbons (Fsp3) is 0.438. The molecule has 1 aromatic carbocycles. The van der Waals surface area contributed by atoms with Crippen LogP contribution in [0.25, 0.3) is 0 Å². The average Bonchev–Trinajstić information content (AvgIpc) is 2.57. The Hall–Kier alpha value is -2.28. The van der Waals surface area contributed by atoms with Crippen LogP contribution in [0, 0.1) is 6.92 Å². The standard InChI is InChI=1S/C16H21ClN2O5/c1-3-6-18-14(20)8-19-15(21)9-24-16(22)10-23-12-4-5-13(17)11(2)7-12/h4-5,7H,3,6,8-10H2,1-2H3,(H,18,20)(H,19,21). The molecule has 0 heterocycles. The van der Waals surface area contributed by atoms with Crippen LogP contribution in [0.4, 0.5) is 0 Å². The molecule has 0 unspecified atom stereocenters. The SMILES string of the molecule is CCCNC(=O)CNC(=O)COC(=O)COc1ccc(Cl)c(C)c1. The zero-order valence-corrected chi connectivity index (χ0v) is 14.4. The van der Waals surface area contributed by atoms with Gasteiger partial charge in [-0.25, -0.2) is 4.79 Å². The van der Waals surface area contributed by atoms with Crippen LogP contribution in [-0.2, 0) is 19.1 Å². The van der Waals surface area contributed by atoms with Crippen LogP contribution in [-0.4, -0.2) is 44.1 Å². The van der Waals surface area contributed by atoms with Gasteiger partial charge in [0.05, 0.1) is 6.54 Å². The number of halogens is 1. The van der Waals surface area contributed by atoms with Crippen molar-refractivity contribution in [2.45, 2.75) is 20.3 Å². The van der Waals surface area contributed by atoms with Gasteiger partial charge in [-0.15, -0.1) is 0 Å². The minimum absolute atomic E-state index is 0.156. The van der Waals surface area contributed by atoms with E-state index in [4.69, 9.17) is 21.1 Å². The number of amides is 2. The molecule has 0 aliphatic rings. The van der Waals surface area contributed by atoms with E-state index in [1.54, 1.807) is 18.2 Å². The topological polar surface area (TPSA) is 93.7 Å². The second-order valence-electron chi connectivity index (χ2n) is 4.99. The van der Waals surface area contributed by atoms with Crippen LogP contribution in [0.3, 0.4) is 0 Å². The van der Waals surface area contributed by atoms with E-state index in [0.717, 1.165) is 12.0 Å². The average molecular weight is 357 g/mol. The van der Waals surface area contributed by atoms with E-state index >= 15 is 0 Å². The number of hydrogen-bond acceptors (Lipinski definition) is 5. The molecule has 8 heteroatoms. The maximum Gasteiger partial charge on any atom is 0.344 e. The maximum absolute atomic E-state index is 11.5. The lowest BCUT2D eigenvalue weighted by Crippen LogP contribution is -2.39. The molecule has 0 aliphatic carbocycles. The molecule has 0 fully saturated rings. The van der Waals surface area contributed by atoms with Crippen molar-refractivity contribution in [3.63, 3.8) is 0 Å². The minimum Gasteiger partial charge on any atom is -0.482 e. The Kier molecular flexibility index (Phi) is 8.64. The first-order valence-corrected chi connectivity index (χ1v) is 7.88. The summed E-state index contributed by atoms with van der Waals surface area (Å²) in [5, 5.41) is 5.56. The predicted molar refractivity (Wildman–Crippen MR) is 89.0 cm³/mol. The third kappa shape index (κ3) is 7.82. The van der Waals surface area contributed by atoms with Gasteiger partial charge < -0.3 is 20.1 Å². The Morgan fingerprint density at radius 2 is 1.88 bits per heavy atom. The van der Waals surface area contributed by atoms with Gasteiger partial charge in [0, 0.05) is 11.6 Å². The molecule has 0 radical (unpaired) electrons. The highest BCUT2D eigenvalue weighted by molar-refractivity contribution is 6.31. The molecule has 132 valence electrons. The zero-order chi connectivity index (χ0) is 17.9. The number of benzene rings is 1. The summed E-state index contributed by atoms with van der Waals surface area (Å²) in [6.45, 7) is 3.33. The first-order chi connectivity index (χ1) is 11.4. The first-order valence-electron chi connectivity index (χ1n) is 7.50. The quantitative estimate of drug-likeness (QED) is 0.649. The number of ether oxygens (including phenoxy) is 2. The van der Waals surface area contributed by atoms with Gasteiger partial charge in [-0.3, -0.25) is 9.59 Å². The molecule has 0 atom stereocenters. The van der Waals surface area contributed by atoms with Gasteiger partial charge in [0.2, 0.25) is 5.91 Å². The molecule has 24 heavy (non-hydrogen) atoms. The summed E-state index contributed by atoms with van der Waals surface area (Å²) in [7, 11) is 0.